The molecule has 128 valence electrons. The van der Waals surface area contributed by atoms with Gasteiger partial charge in [0.2, 0.25) is 0 Å². The maximum Gasteiger partial charge on any atom is 0.407 e. The molecule has 0 aliphatic heterocycles. The van der Waals surface area contributed by atoms with Crippen molar-refractivity contribution < 1.29 is 9.53 Å². The van der Waals surface area contributed by atoms with E-state index in [2.05, 4.69) is 41.8 Å². The predicted molar refractivity (Wildman–Crippen MR) is 95.5 cm³/mol. The molecule has 1 aromatic carbocycles. The molecule has 0 spiro atoms. The highest BCUT2D eigenvalue weighted by Crippen LogP contribution is 2.17. The normalized spacial score (nSPS) is 13.0. The number of benzene rings is 1. The molecule has 0 bridgehead atoms. The van der Waals surface area contributed by atoms with Gasteiger partial charge in [-0.05, 0) is 32.8 Å². The number of ether oxygens (including phenoxy) is 1. The van der Waals surface area contributed by atoms with E-state index in [1.54, 1.807) is 0 Å². The first-order valence-corrected chi connectivity index (χ1v) is 8.32. The number of carbonyl (C=O) groups is 1. The highest BCUT2D eigenvalue weighted by atomic mass is 16.6. The van der Waals surface area contributed by atoms with E-state index in [4.69, 9.17) is 4.74 Å². The van der Waals surface area contributed by atoms with Gasteiger partial charge in [-0.3, -0.25) is 0 Å². The molecule has 0 aliphatic carbocycles. The summed E-state index contributed by atoms with van der Waals surface area (Å²) in [6, 6.07) is 10.8. The van der Waals surface area contributed by atoms with Gasteiger partial charge in [0.25, 0.3) is 0 Å². The molecule has 2 N–H and O–H groups in total. The molecule has 4 nitrogen and oxygen atoms in total. The Kier molecular flexibility index (Phi) is 8.41. The number of hydrogen-bond donors (Lipinski definition) is 2. The van der Waals surface area contributed by atoms with Crippen molar-refractivity contribution >= 4 is 6.09 Å². The van der Waals surface area contributed by atoms with Crippen molar-refractivity contribution in [3.8, 4) is 0 Å². The lowest BCUT2D eigenvalue weighted by Gasteiger charge is -2.19. The Morgan fingerprint density at radius 2 is 1.83 bits per heavy atom. The fraction of sp³-hybridized carbons (Fsp3) is 0.526. The van der Waals surface area contributed by atoms with Crippen LogP contribution in [-0.2, 0) is 4.74 Å². The average Bonchev–Trinajstić information content (AvgIpc) is 2.48. The minimum atomic E-state index is -0.460. The van der Waals surface area contributed by atoms with Crippen LogP contribution in [0.4, 0.5) is 4.79 Å². The van der Waals surface area contributed by atoms with Crippen LogP contribution in [0.1, 0.15) is 52.1 Å². The zero-order valence-electron chi connectivity index (χ0n) is 14.8. The predicted octanol–water partition coefficient (Wildman–Crippen LogP) is 4.20. The Bertz CT molecular complexity index is 478. The van der Waals surface area contributed by atoms with Gasteiger partial charge in [-0.15, -0.1) is 0 Å². The number of amides is 1. The van der Waals surface area contributed by atoms with Crippen LogP contribution in [0, 0.1) is 0 Å². The van der Waals surface area contributed by atoms with Crippen LogP contribution >= 0.6 is 0 Å². The number of hydrogen-bond acceptors (Lipinski definition) is 3. The summed E-state index contributed by atoms with van der Waals surface area (Å²) in [5, 5.41) is 6.24. The number of nitrogens with one attached hydrogen (secondary N) is 2. The van der Waals surface area contributed by atoms with Crippen LogP contribution in [0.3, 0.4) is 0 Å². The average molecular weight is 318 g/mol. The van der Waals surface area contributed by atoms with Crippen molar-refractivity contribution in [2.75, 3.05) is 13.1 Å². The van der Waals surface area contributed by atoms with Crippen molar-refractivity contribution in [3.05, 3.63) is 48.0 Å². The zero-order valence-corrected chi connectivity index (χ0v) is 14.8. The molecule has 1 aromatic rings. The molecule has 1 amide bonds. The lowest BCUT2D eigenvalue weighted by Crippen LogP contribution is -2.32. The fourth-order valence-electron chi connectivity index (χ4n) is 2.19. The highest BCUT2D eigenvalue weighted by molar-refractivity contribution is 5.67. The van der Waals surface area contributed by atoms with Gasteiger partial charge in [-0.2, -0.15) is 0 Å². The molecule has 23 heavy (non-hydrogen) atoms. The molecular formula is C19H30N2O2. The van der Waals surface area contributed by atoms with E-state index in [0.717, 1.165) is 19.4 Å². The van der Waals surface area contributed by atoms with Gasteiger partial charge in [-0.1, -0.05) is 55.8 Å². The van der Waals surface area contributed by atoms with Gasteiger partial charge in [0.05, 0.1) is 0 Å². The molecule has 0 heterocycles. The first-order chi connectivity index (χ1) is 10.9. The van der Waals surface area contributed by atoms with Crippen molar-refractivity contribution in [3.63, 3.8) is 0 Å². The van der Waals surface area contributed by atoms with Crippen molar-refractivity contribution in [1.29, 1.82) is 0 Å². The minimum Gasteiger partial charge on any atom is -0.444 e. The lowest BCUT2D eigenvalue weighted by molar-refractivity contribution is 0.0534. The number of alkyl carbamates (subject to hydrolysis) is 1. The molecule has 0 saturated carbocycles. The summed E-state index contributed by atoms with van der Waals surface area (Å²) in [5.74, 6) is 0. The molecule has 1 unspecified atom stereocenters. The Labute approximate surface area is 140 Å². The number of carbonyl (C=O) groups excluding carboxylic acids is 1. The largest absolute Gasteiger partial charge is 0.444 e. The standard InChI is InChI=1S/C19H30N2O2/c1-5-11-17(16-12-7-6-8-13-16)20-14-9-10-15-21-18(22)23-19(2,3)4/h6-10,12-13,17,20H,5,11,14-15H2,1-4H3,(H,21,22)/b10-9+. The molecule has 0 radical (unpaired) electrons. The van der Waals surface area contributed by atoms with Gasteiger partial charge in [0.1, 0.15) is 5.60 Å². The molecular weight excluding hydrogens is 288 g/mol. The van der Waals surface area contributed by atoms with Crippen LogP contribution in [0.2, 0.25) is 0 Å². The quantitative estimate of drug-likeness (QED) is 0.706. The van der Waals surface area contributed by atoms with Gasteiger partial charge in [0, 0.05) is 19.1 Å². The van der Waals surface area contributed by atoms with E-state index in [9.17, 15) is 4.79 Å². The molecule has 0 aliphatic rings. The molecule has 4 heteroatoms. The maximum atomic E-state index is 11.5. The van der Waals surface area contributed by atoms with E-state index in [-0.39, 0.29) is 6.09 Å². The van der Waals surface area contributed by atoms with Crippen LogP contribution in [0.25, 0.3) is 0 Å². The molecule has 0 saturated heterocycles. The van der Waals surface area contributed by atoms with Crippen molar-refractivity contribution in [2.24, 2.45) is 0 Å². The number of rotatable bonds is 8. The molecule has 0 aromatic heterocycles. The summed E-state index contributed by atoms with van der Waals surface area (Å²) < 4.78 is 5.17. The van der Waals surface area contributed by atoms with E-state index in [1.165, 1.54) is 5.56 Å². The topological polar surface area (TPSA) is 50.4 Å². The Balaban J connectivity index is 2.30. The molecule has 1 atom stereocenters. The van der Waals surface area contributed by atoms with Crippen LogP contribution < -0.4 is 10.6 Å². The third-order valence-corrected chi connectivity index (χ3v) is 3.19. The second-order valence-electron chi connectivity index (χ2n) is 6.51. The van der Waals surface area contributed by atoms with E-state index in [1.807, 2.05) is 39.0 Å². The minimum absolute atomic E-state index is 0.365. The lowest BCUT2D eigenvalue weighted by atomic mass is 10.0. The first kappa shape index (κ1) is 19.2. The van der Waals surface area contributed by atoms with Crippen LogP contribution in [0.5, 0.6) is 0 Å². The van der Waals surface area contributed by atoms with Crippen LogP contribution in [0.15, 0.2) is 42.5 Å². The zero-order chi connectivity index (χ0) is 17.1. The van der Waals surface area contributed by atoms with Gasteiger partial charge in [0.15, 0.2) is 0 Å². The second kappa shape index (κ2) is 10.1. The summed E-state index contributed by atoms with van der Waals surface area (Å²) in [6.07, 6.45) is 5.82. The SMILES string of the molecule is CCCC(NC/C=C/CNC(=O)OC(C)(C)C)c1ccccc1. The van der Waals surface area contributed by atoms with E-state index in [0.29, 0.717) is 12.6 Å². The molecule has 1 rings (SSSR count). The fourth-order valence-corrected chi connectivity index (χ4v) is 2.19. The van der Waals surface area contributed by atoms with Gasteiger partial charge < -0.3 is 15.4 Å². The molecule has 0 fully saturated rings. The summed E-state index contributed by atoms with van der Waals surface area (Å²) in [4.78, 5) is 11.5. The maximum absolute atomic E-state index is 11.5. The van der Waals surface area contributed by atoms with Crippen molar-refractivity contribution in [2.45, 2.75) is 52.2 Å². The highest BCUT2D eigenvalue weighted by Gasteiger charge is 2.15. The van der Waals surface area contributed by atoms with E-state index >= 15 is 0 Å². The van der Waals surface area contributed by atoms with Crippen molar-refractivity contribution in [1.82, 2.24) is 10.6 Å². The Morgan fingerprint density at radius 3 is 2.43 bits per heavy atom. The monoisotopic (exact) mass is 318 g/mol. The summed E-state index contributed by atoms with van der Waals surface area (Å²) in [7, 11) is 0. The van der Waals surface area contributed by atoms with Crippen LogP contribution in [-0.4, -0.2) is 24.8 Å². The van der Waals surface area contributed by atoms with Gasteiger partial charge in [-0.25, -0.2) is 4.79 Å². The third kappa shape index (κ3) is 9.04. The van der Waals surface area contributed by atoms with E-state index < -0.39 is 5.60 Å². The Hall–Kier alpha value is -1.81. The van der Waals surface area contributed by atoms with Gasteiger partial charge >= 0.3 is 6.09 Å². The Morgan fingerprint density at radius 1 is 1.17 bits per heavy atom. The summed E-state index contributed by atoms with van der Waals surface area (Å²) >= 11 is 0. The third-order valence-electron chi connectivity index (χ3n) is 3.19. The smallest absolute Gasteiger partial charge is 0.407 e. The first-order valence-electron chi connectivity index (χ1n) is 8.32. The summed E-state index contributed by atoms with van der Waals surface area (Å²) in [5.41, 5.74) is 0.855. The second-order valence-corrected chi connectivity index (χ2v) is 6.51. The summed E-state index contributed by atoms with van der Waals surface area (Å²) in [6.45, 7) is 8.99.